The summed E-state index contributed by atoms with van der Waals surface area (Å²) >= 11 is 0. The van der Waals surface area contributed by atoms with E-state index in [4.69, 9.17) is 4.74 Å². The molecule has 0 bridgehead atoms. The van der Waals surface area contributed by atoms with Gasteiger partial charge >= 0.3 is 5.97 Å². The molecular weight excluding hydrogens is 394 g/mol. The molecule has 31 heavy (non-hydrogen) atoms. The van der Waals surface area contributed by atoms with Crippen LogP contribution in [0.15, 0.2) is 65.9 Å². The number of ether oxygens (including phenoxy) is 1. The van der Waals surface area contributed by atoms with E-state index in [-0.39, 0.29) is 35.4 Å². The molecule has 1 heterocycles. The molecule has 0 saturated carbocycles. The molecule has 1 atom stereocenters. The Morgan fingerprint density at radius 2 is 1.71 bits per heavy atom. The fourth-order valence-electron chi connectivity index (χ4n) is 3.65. The van der Waals surface area contributed by atoms with E-state index in [0.717, 1.165) is 0 Å². The maximum atomic E-state index is 13.1. The third-order valence-corrected chi connectivity index (χ3v) is 4.92. The van der Waals surface area contributed by atoms with Gasteiger partial charge in [0.05, 0.1) is 23.3 Å². The molecule has 6 heteroatoms. The maximum absolute atomic E-state index is 13.1. The molecule has 0 fully saturated rings. The minimum atomic E-state index is -0.781. The summed E-state index contributed by atoms with van der Waals surface area (Å²) in [5.74, 6) is -1.92. The van der Waals surface area contributed by atoms with Crippen LogP contribution in [0.25, 0.3) is 0 Å². The monoisotopic (exact) mass is 421 g/mol. The number of esters is 1. The lowest BCUT2D eigenvalue weighted by Crippen LogP contribution is -2.31. The van der Waals surface area contributed by atoms with Gasteiger partial charge in [-0.15, -0.1) is 0 Å². The summed E-state index contributed by atoms with van der Waals surface area (Å²) in [6.45, 7) is 7.33. The summed E-state index contributed by atoms with van der Waals surface area (Å²) in [6.07, 6.45) is -0.0717. The first-order chi connectivity index (χ1) is 14.7. The molecule has 1 N–H and O–H groups in total. The topological polar surface area (TPSA) is 83.9 Å². The van der Waals surface area contributed by atoms with Crippen molar-refractivity contribution in [1.29, 1.82) is 0 Å². The number of rotatable bonds is 7. The number of amides is 1. The molecule has 2 aromatic rings. The summed E-state index contributed by atoms with van der Waals surface area (Å²) in [7, 11) is 0. The predicted molar refractivity (Wildman–Crippen MR) is 118 cm³/mol. The standard InChI is InChI=1S/C25H27NO5/c1-15(2)13-20(27)21-22(17-9-6-5-7-10-17)26(24(29)23(21)28)19-12-8-11-18(14-19)25(30)31-16(3)4/h5-12,14-16,22,28H,13H2,1-4H3. The zero-order valence-electron chi connectivity index (χ0n) is 18.2. The minimum absolute atomic E-state index is 0.0718. The van der Waals surface area contributed by atoms with Gasteiger partial charge in [0.2, 0.25) is 0 Å². The second kappa shape index (κ2) is 9.16. The first kappa shape index (κ1) is 22.3. The number of hydrogen-bond donors (Lipinski definition) is 1. The van der Waals surface area contributed by atoms with Crippen LogP contribution in [0, 0.1) is 5.92 Å². The number of benzene rings is 2. The Hall–Kier alpha value is -3.41. The highest BCUT2D eigenvalue weighted by molar-refractivity contribution is 6.16. The van der Waals surface area contributed by atoms with Crippen LogP contribution in [0.3, 0.4) is 0 Å². The van der Waals surface area contributed by atoms with Gasteiger partial charge in [0.15, 0.2) is 11.5 Å². The van der Waals surface area contributed by atoms with Gasteiger partial charge in [0.25, 0.3) is 5.91 Å². The number of anilines is 1. The van der Waals surface area contributed by atoms with Crippen molar-refractivity contribution < 1.29 is 24.2 Å². The number of Topliss-reactive ketones (excluding diaryl/α,β-unsaturated/α-hetero) is 1. The van der Waals surface area contributed by atoms with Crippen LogP contribution in [0.2, 0.25) is 0 Å². The van der Waals surface area contributed by atoms with E-state index in [0.29, 0.717) is 11.3 Å². The zero-order valence-corrected chi connectivity index (χ0v) is 18.2. The van der Waals surface area contributed by atoms with E-state index in [1.807, 2.05) is 44.2 Å². The highest BCUT2D eigenvalue weighted by Crippen LogP contribution is 2.41. The molecule has 1 aliphatic heterocycles. The smallest absolute Gasteiger partial charge is 0.338 e. The van der Waals surface area contributed by atoms with Gasteiger partial charge in [-0.1, -0.05) is 50.2 Å². The SMILES string of the molecule is CC(C)CC(=O)C1=C(O)C(=O)N(c2cccc(C(=O)OC(C)C)c2)C1c1ccccc1. The molecule has 0 aliphatic carbocycles. The summed E-state index contributed by atoms with van der Waals surface area (Å²) in [5, 5.41) is 10.7. The predicted octanol–water partition coefficient (Wildman–Crippen LogP) is 4.77. The normalized spacial score (nSPS) is 16.4. The highest BCUT2D eigenvalue weighted by Gasteiger charge is 2.44. The van der Waals surface area contributed by atoms with E-state index in [2.05, 4.69) is 0 Å². The molecule has 0 saturated heterocycles. The van der Waals surface area contributed by atoms with Gasteiger partial charge in [-0.25, -0.2) is 4.79 Å². The van der Waals surface area contributed by atoms with Crippen LogP contribution in [-0.4, -0.2) is 28.9 Å². The van der Waals surface area contributed by atoms with Crippen molar-refractivity contribution in [3.05, 3.63) is 77.1 Å². The van der Waals surface area contributed by atoms with Crippen LogP contribution in [-0.2, 0) is 14.3 Å². The van der Waals surface area contributed by atoms with E-state index in [1.54, 1.807) is 38.1 Å². The molecule has 0 radical (unpaired) electrons. The van der Waals surface area contributed by atoms with Gasteiger partial charge in [0.1, 0.15) is 0 Å². The van der Waals surface area contributed by atoms with Crippen molar-refractivity contribution in [3.63, 3.8) is 0 Å². The number of aliphatic hydroxyl groups excluding tert-OH is 1. The zero-order chi connectivity index (χ0) is 22.7. The van der Waals surface area contributed by atoms with Crippen molar-refractivity contribution in [1.82, 2.24) is 0 Å². The van der Waals surface area contributed by atoms with Gasteiger partial charge < -0.3 is 9.84 Å². The number of nitrogens with zero attached hydrogens (tertiary/aromatic N) is 1. The van der Waals surface area contributed by atoms with E-state index in [9.17, 15) is 19.5 Å². The first-order valence-electron chi connectivity index (χ1n) is 10.4. The lowest BCUT2D eigenvalue weighted by Gasteiger charge is -2.27. The molecular formula is C25H27NO5. The summed E-state index contributed by atoms with van der Waals surface area (Å²) in [6, 6.07) is 14.8. The Kier molecular flexibility index (Phi) is 6.59. The number of ketones is 1. The summed E-state index contributed by atoms with van der Waals surface area (Å²) in [5.41, 5.74) is 1.46. The number of carbonyl (C=O) groups is 3. The Bertz CT molecular complexity index is 1020. The molecule has 0 spiro atoms. The Balaban J connectivity index is 2.09. The fourth-order valence-corrected chi connectivity index (χ4v) is 3.65. The minimum Gasteiger partial charge on any atom is -0.503 e. The lowest BCUT2D eigenvalue weighted by atomic mass is 9.92. The van der Waals surface area contributed by atoms with Gasteiger partial charge in [0, 0.05) is 12.1 Å². The van der Waals surface area contributed by atoms with Crippen molar-refractivity contribution >= 4 is 23.3 Å². The highest BCUT2D eigenvalue weighted by atomic mass is 16.5. The largest absolute Gasteiger partial charge is 0.503 e. The third-order valence-electron chi connectivity index (χ3n) is 4.92. The quantitative estimate of drug-likeness (QED) is 0.651. The van der Waals surface area contributed by atoms with Crippen LogP contribution in [0.5, 0.6) is 0 Å². The molecule has 1 unspecified atom stereocenters. The van der Waals surface area contributed by atoms with Crippen molar-refractivity contribution in [2.75, 3.05) is 4.90 Å². The Labute approximate surface area is 182 Å². The molecule has 162 valence electrons. The average Bonchev–Trinajstić information content (AvgIpc) is 2.99. The number of aliphatic hydroxyl groups is 1. The molecule has 0 aromatic heterocycles. The number of hydrogen-bond acceptors (Lipinski definition) is 5. The van der Waals surface area contributed by atoms with Gasteiger partial charge in [-0.05, 0) is 43.5 Å². The number of carbonyl (C=O) groups excluding carboxylic acids is 3. The van der Waals surface area contributed by atoms with Crippen LogP contribution in [0.1, 0.15) is 56.1 Å². The average molecular weight is 421 g/mol. The van der Waals surface area contributed by atoms with E-state index >= 15 is 0 Å². The van der Waals surface area contributed by atoms with Crippen LogP contribution >= 0.6 is 0 Å². The fraction of sp³-hybridized carbons (Fsp3) is 0.320. The van der Waals surface area contributed by atoms with Gasteiger partial charge in [-0.3, -0.25) is 14.5 Å². The third kappa shape index (κ3) is 4.68. The van der Waals surface area contributed by atoms with Crippen molar-refractivity contribution in [2.45, 2.75) is 46.3 Å². The molecule has 6 nitrogen and oxygen atoms in total. The van der Waals surface area contributed by atoms with Gasteiger partial charge in [-0.2, -0.15) is 0 Å². The molecule has 2 aromatic carbocycles. The molecule has 1 aliphatic rings. The second-order valence-corrected chi connectivity index (χ2v) is 8.28. The first-order valence-corrected chi connectivity index (χ1v) is 10.4. The maximum Gasteiger partial charge on any atom is 0.338 e. The Morgan fingerprint density at radius 3 is 2.32 bits per heavy atom. The summed E-state index contributed by atoms with van der Waals surface area (Å²) in [4.78, 5) is 39.8. The van der Waals surface area contributed by atoms with Crippen molar-refractivity contribution in [3.8, 4) is 0 Å². The molecule has 3 rings (SSSR count). The van der Waals surface area contributed by atoms with Crippen molar-refractivity contribution in [2.24, 2.45) is 5.92 Å². The van der Waals surface area contributed by atoms with E-state index in [1.165, 1.54) is 4.90 Å². The second-order valence-electron chi connectivity index (χ2n) is 8.28. The lowest BCUT2D eigenvalue weighted by molar-refractivity contribution is -0.118. The summed E-state index contributed by atoms with van der Waals surface area (Å²) < 4.78 is 5.26. The van der Waals surface area contributed by atoms with Crippen LogP contribution in [0.4, 0.5) is 5.69 Å². The Morgan fingerprint density at radius 1 is 1.03 bits per heavy atom. The van der Waals surface area contributed by atoms with E-state index < -0.39 is 23.7 Å². The molecule has 1 amide bonds. The van der Waals surface area contributed by atoms with Crippen LogP contribution < -0.4 is 4.90 Å².